The Morgan fingerprint density at radius 2 is 2.15 bits per heavy atom. The fourth-order valence-electron chi connectivity index (χ4n) is 4.33. The van der Waals surface area contributed by atoms with E-state index in [9.17, 15) is 4.79 Å². The number of halogens is 2. The van der Waals surface area contributed by atoms with Crippen molar-refractivity contribution in [2.75, 3.05) is 5.73 Å². The number of imidazole rings is 1. The molecule has 2 unspecified atom stereocenters. The molecule has 0 bridgehead atoms. The quantitative estimate of drug-likeness (QED) is 0.447. The molecule has 4 rings (SSSR count). The Morgan fingerprint density at radius 3 is 2.85 bits per heavy atom. The van der Waals surface area contributed by atoms with Gasteiger partial charge in [-0.2, -0.15) is 0 Å². The normalized spacial score (nSPS) is 19.6. The molecule has 2 aromatic heterocycles. The maximum Gasteiger partial charge on any atom is 0.258 e. The van der Waals surface area contributed by atoms with E-state index in [1.54, 1.807) is 42.2 Å². The zero-order valence-corrected chi connectivity index (χ0v) is 21.3. The summed E-state index contributed by atoms with van der Waals surface area (Å²) in [5.74, 6) is 0.0611. The fourth-order valence-corrected chi connectivity index (χ4v) is 4.77. The molecule has 0 fully saturated rings. The number of nitrogen functional groups attached to an aromatic ring is 1. The van der Waals surface area contributed by atoms with Crippen molar-refractivity contribution in [2.45, 2.75) is 65.2 Å². The summed E-state index contributed by atoms with van der Waals surface area (Å²) in [5, 5.41) is 2.84. The molecule has 1 aromatic carbocycles. The van der Waals surface area contributed by atoms with Crippen molar-refractivity contribution >= 4 is 40.2 Å². The smallest absolute Gasteiger partial charge is 0.258 e. The summed E-state index contributed by atoms with van der Waals surface area (Å²) in [6.07, 6.45) is 3.57. The van der Waals surface area contributed by atoms with Gasteiger partial charge in [-0.05, 0) is 52.7 Å². The van der Waals surface area contributed by atoms with Gasteiger partial charge >= 0.3 is 0 Å². The van der Waals surface area contributed by atoms with Gasteiger partial charge < -0.3 is 18.9 Å². The van der Waals surface area contributed by atoms with Gasteiger partial charge in [0.15, 0.2) is 0 Å². The predicted octanol–water partition coefficient (Wildman–Crippen LogP) is 4.24. The minimum Gasteiger partial charge on any atom is -0.489 e. The number of hydrogen-bond donors (Lipinski definition) is 2. The molecule has 0 saturated carbocycles. The van der Waals surface area contributed by atoms with Crippen molar-refractivity contribution in [1.82, 2.24) is 19.7 Å². The van der Waals surface area contributed by atoms with E-state index in [1.807, 2.05) is 38.3 Å². The van der Waals surface area contributed by atoms with Crippen molar-refractivity contribution < 1.29 is 17.0 Å². The van der Waals surface area contributed by atoms with E-state index in [0.29, 0.717) is 17.8 Å². The van der Waals surface area contributed by atoms with Gasteiger partial charge in [-0.25, -0.2) is 14.4 Å². The summed E-state index contributed by atoms with van der Waals surface area (Å²) in [6, 6.07) is 1.43. The molecule has 3 aromatic rings. The second-order valence-corrected chi connectivity index (χ2v) is 9.17. The Kier molecular flexibility index (Phi) is 6.50. The lowest BCUT2D eigenvalue weighted by atomic mass is 9.86. The number of rotatable bonds is 5. The number of nitrogens with zero attached hydrogens (tertiary/aromatic N) is 3. The second-order valence-electron chi connectivity index (χ2n) is 8.66. The highest BCUT2D eigenvalue weighted by Crippen LogP contribution is 2.44. The van der Waals surface area contributed by atoms with Gasteiger partial charge in [0.1, 0.15) is 57.3 Å². The number of benzene rings is 1. The monoisotopic (exact) mass is 567 g/mol. The maximum absolute atomic E-state index is 15.3. The van der Waals surface area contributed by atoms with Crippen LogP contribution in [0.5, 0.6) is 5.75 Å². The van der Waals surface area contributed by atoms with Crippen LogP contribution in [-0.2, 0) is 3.07 Å². The van der Waals surface area contributed by atoms with Crippen molar-refractivity contribution in [3.63, 3.8) is 0 Å². The molecule has 10 heteroatoms. The van der Waals surface area contributed by atoms with E-state index in [1.165, 1.54) is 0 Å². The molecule has 3 N–H and O–H groups in total. The fraction of sp³-hybridized carbons (Fsp3) is 0.435. The van der Waals surface area contributed by atoms with E-state index in [0.717, 1.165) is 22.6 Å². The van der Waals surface area contributed by atoms with Gasteiger partial charge in [0.25, 0.3) is 5.91 Å². The number of aromatic nitrogens is 3. The van der Waals surface area contributed by atoms with Gasteiger partial charge in [-0.1, -0.05) is 0 Å². The number of fused-ring (bicyclic) bond motifs is 2. The molecule has 0 aliphatic carbocycles. The van der Waals surface area contributed by atoms with E-state index in [-0.39, 0.29) is 35.5 Å². The number of hydrogen-bond acceptors (Lipinski definition) is 6. The first-order chi connectivity index (χ1) is 15.6. The van der Waals surface area contributed by atoms with Gasteiger partial charge in [0.05, 0.1) is 23.9 Å². The van der Waals surface area contributed by atoms with Gasteiger partial charge in [0.2, 0.25) is 0 Å². The Labute approximate surface area is 205 Å². The van der Waals surface area contributed by atoms with Crippen LogP contribution in [0.3, 0.4) is 0 Å². The lowest BCUT2D eigenvalue weighted by Gasteiger charge is -2.32. The third-order valence-electron chi connectivity index (χ3n) is 6.22. The lowest BCUT2D eigenvalue weighted by molar-refractivity contribution is 0.0897. The summed E-state index contributed by atoms with van der Waals surface area (Å²) >= 11 is 1.79. The van der Waals surface area contributed by atoms with Crippen molar-refractivity contribution in [3.8, 4) is 5.75 Å². The number of nitrogens with two attached hydrogens (primary N) is 1. The highest BCUT2D eigenvalue weighted by atomic mass is 127. The largest absolute Gasteiger partial charge is 0.489 e. The van der Waals surface area contributed by atoms with Gasteiger partial charge in [0, 0.05) is 23.9 Å². The summed E-state index contributed by atoms with van der Waals surface area (Å²) in [6.45, 7) is 9.08. The van der Waals surface area contributed by atoms with Crippen LogP contribution in [0.2, 0.25) is 0 Å². The van der Waals surface area contributed by atoms with Crippen LogP contribution >= 0.6 is 23.0 Å². The molecule has 33 heavy (non-hydrogen) atoms. The summed E-state index contributed by atoms with van der Waals surface area (Å²) in [4.78, 5) is 22.2. The molecule has 3 heterocycles. The SMILES string of the molecule is Cc1cc2c(c(C(=O)NC(C)[C@@H](C)OI)c1F)OC(C)C[C@@H]2c1nc(C)c2c(N)nccn12. The van der Waals surface area contributed by atoms with Crippen molar-refractivity contribution in [2.24, 2.45) is 0 Å². The minimum absolute atomic E-state index is 0.0900. The maximum atomic E-state index is 15.3. The summed E-state index contributed by atoms with van der Waals surface area (Å²) in [7, 11) is 0. The highest BCUT2D eigenvalue weighted by molar-refractivity contribution is 14.1. The minimum atomic E-state index is -0.591. The molecule has 1 aliphatic rings. The van der Waals surface area contributed by atoms with E-state index in [4.69, 9.17) is 18.5 Å². The number of amides is 1. The molecule has 0 saturated heterocycles. The van der Waals surface area contributed by atoms with Gasteiger partial charge in [-0.15, -0.1) is 0 Å². The number of anilines is 1. The topological polar surface area (TPSA) is 104 Å². The van der Waals surface area contributed by atoms with Crippen LogP contribution in [0.15, 0.2) is 18.5 Å². The van der Waals surface area contributed by atoms with Crippen LogP contribution in [-0.4, -0.2) is 38.5 Å². The molecule has 4 atom stereocenters. The van der Waals surface area contributed by atoms with Crippen LogP contribution in [0, 0.1) is 19.7 Å². The second kappa shape index (κ2) is 9.05. The zero-order valence-electron chi connectivity index (χ0n) is 19.1. The van der Waals surface area contributed by atoms with Crippen molar-refractivity contribution in [3.05, 3.63) is 52.5 Å². The Bertz CT molecular complexity index is 1230. The molecular formula is C23H27FIN5O3. The molecular weight excluding hydrogens is 540 g/mol. The Hall–Kier alpha value is -2.47. The number of carbonyl (C=O) groups is 1. The molecule has 1 aliphatic heterocycles. The van der Waals surface area contributed by atoms with E-state index < -0.39 is 11.7 Å². The van der Waals surface area contributed by atoms with Crippen LogP contribution in [0.4, 0.5) is 10.2 Å². The highest BCUT2D eigenvalue weighted by Gasteiger charge is 2.36. The van der Waals surface area contributed by atoms with Crippen LogP contribution < -0.4 is 15.8 Å². The van der Waals surface area contributed by atoms with E-state index in [2.05, 4.69) is 10.3 Å². The van der Waals surface area contributed by atoms with E-state index >= 15 is 4.39 Å². The first-order valence-corrected chi connectivity index (χ1v) is 11.7. The van der Waals surface area contributed by atoms with Gasteiger partial charge in [-0.3, -0.25) is 9.20 Å². The van der Waals surface area contributed by atoms with Crippen molar-refractivity contribution in [1.29, 1.82) is 0 Å². The third-order valence-corrected chi connectivity index (χ3v) is 7.02. The molecule has 8 nitrogen and oxygen atoms in total. The zero-order chi connectivity index (χ0) is 24.0. The molecule has 1 amide bonds. The Balaban J connectivity index is 1.87. The summed E-state index contributed by atoms with van der Waals surface area (Å²) < 4.78 is 28.6. The standard InChI is InChI=1S/C23H27FIN5O3/c1-10-8-15-16(22-28-13(4)19-21(26)27-6-7-30(19)22)9-11(2)32-20(15)17(18(10)24)23(31)29-12(3)14(5)33-25/h6-8,11-12,14,16H,9H2,1-5H3,(H2,26,27)(H,29,31)/t11?,12?,14-,16+/m1/s1. The van der Waals surface area contributed by atoms with Crippen LogP contribution in [0.1, 0.15) is 66.1 Å². The number of nitrogens with one attached hydrogen (secondary N) is 1. The third kappa shape index (κ3) is 4.14. The first kappa shape index (κ1) is 23.7. The predicted molar refractivity (Wildman–Crippen MR) is 131 cm³/mol. The summed E-state index contributed by atoms with van der Waals surface area (Å²) in [5.41, 5.74) is 8.61. The average Bonchev–Trinajstić information content (AvgIpc) is 3.11. The molecule has 0 spiro atoms. The molecule has 176 valence electrons. The average molecular weight is 567 g/mol. The van der Waals surface area contributed by atoms with Crippen LogP contribution in [0.25, 0.3) is 5.52 Å². The number of ether oxygens (including phenoxy) is 1. The Morgan fingerprint density at radius 1 is 1.42 bits per heavy atom. The lowest BCUT2D eigenvalue weighted by Crippen LogP contribution is -2.41. The number of carbonyl (C=O) groups excluding carboxylic acids is 1. The molecule has 0 radical (unpaired) electrons. The first-order valence-electron chi connectivity index (χ1n) is 10.8. The number of aryl methyl sites for hydroxylation is 2.